The summed E-state index contributed by atoms with van der Waals surface area (Å²) in [7, 11) is 0. The average Bonchev–Trinajstić information content (AvgIpc) is 2.28. The largest absolute Gasteiger partial charge is 0.316 e. The second-order valence-corrected chi connectivity index (χ2v) is 3.77. The van der Waals surface area contributed by atoms with Gasteiger partial charge in [0.05, 0.1) is 16.7 Å². The lowest BCUT2D eigenvalue weighted by atomic mass is 10.2. The molecule has 0 fully saturated rings. The molecule has 0 bridgehead atoms. The summed E-state index contributed by atoms with van der Waals surface area (Å²) < 4.78 is 0. The zero-order valence-corrected chi connectivity index (χ0v) is 7.70. The van der Waals surface area contributed by atoms with E-state index in [-0.39, 0.29) is 6.04 Å². The van der Waals surface area contributed by atoms with Gasteiger partial charge in [0.15, 0.2) is 0 Å². The molecule has 0 spiro atoms. The maximum atomic E-state index is 8.65. The van der Waals surface area contributed by atoms with E-state index in [1.165, 1.54) is 0 Å². The van der Waals surface area contributed by atoms with Crippen molar-refractivity contribution < 1.29 is 5.21 Å². The van der Waals surface area contributed by atoms with Crippen LogP contribution in [-0.2, 0) is 0 Å². The van der Waals surface area contributed by atoms with Gasteiger partial charge in [0.25, 0.3) is 0 Å². The van der Waals surface area contributed by atoms with Crippen LogP contribution in [-0.4, -0.2) is 10.2 Å². The fraction of sp³-hybridized carbons (Fsp3) is 0.571. The molecule has 0 aliphatic rings. The first-order chi connectivity index (χ1) is 5.15. The van der Waals surface area contributed by atoms with Crippen LogP contribution in [0, 0.1) is 13.8 Å². The van der Waals surface area contributed by atoms with Crippen LogP contribution in [0.5, 0.6) is 0 Å². The van der Waals surface area contributed by atoms with Crippen molar-refractivity contribution in [2.75, 3.05) is 0 Å². The van der Waals surface area contributed by atoms with Crippen molar-refractivity contribution in [1.29, 1.82) is 0 Å². The molecule has 0 aliphatic carbocycles. The molecule has 4 heteroatoms. The van der Waals surface area contributed by atoms with Crippen molar-refractivity contribution in [1.82, 2.24) is 10.5 Å². The summed E-state index contributed by atoms with van der Waals surface area (Å²) in [5.41, 5.74) is 3.21. The highest BCUT2D eigenvalue weighted by Gasteiger charge is 2.10. The number of nitrogens with one attached hydrogen (secondary N) is 1. The lowest BCUT2D eigenvalue weighted by molar-refractivity contribution is 0.134. The quantitative estimate of drug-likeness (QED) is 0.669. The number of rotatable bonds is 2. The molecule has 1 aromatic heterocycles. The van der Waals surface area contributed by atoms with Crippen molar-refractivity contribution in [2.24, 2.45) is 0 Å². The summed E-state index contributed by atoms with van der Waals surface area (Å²) in [5, 5.41) is 9.69. The molecular weight excluding hydrogens is 160 g/mol. The van der Waals surface area contributed by atoms with Crippen LogP contribution in [0.25, 0.3) is 0 Å². The van der Waals surface area contributed by atoms with Crippen molar-refractivity contribution in [3.8, 4) is 0 Å². The second kappa shape index (κ2) is 3.30. The van der Waals surface area contributed by atoms with Gasteiger partial charge in [0.2, 0.25) is 0 Å². The summed E-state index contributed by atoms with van der Waals surface area (Å²) in [5.74, 6) is 0. The highest BCUT2D eigenvalue weighted by atomic mass is 32.1. The lowest BCUT2D eigenvalue weighted by Gasteiger charge is -2.05. The van der Waals surface area contributed by atoms with Gasteiger partial charge in [-0.2, -0.15) is 5.48 Å². The van der Waals surface area contributed by atoms with Crippen molar-refractivity contribution >= 4 is 11.3 Å². The third kappa shape index (κ3) is 1.77. The van der Waals surface area contributed by atoms with E-state index in [0.29, 0.717) is 0 Å². The van der Waals surface area contributed by atoms with E-state index < -0.39 is 0 Å². The molecule has 1 aromatic rings. The highest BCUT2D eigenvalue weighted by molar-refractivity contribution is 7.11. The second-order valence-electron chi connectivity index (χ2n) is 2.53. The molecule has 2 N–H and O–H groups in total. The number of hydroxylamine groups is 1. The van der Waals surface area contributed by atoms with E-state index in [1.54, 1.807) is 11.3 Å². The van der Waals surface area contributed by atoms with Gasteiger partial charge in [-0.25, -0.2) is 4.98 Å². The number of thiazole rings is 1. The zero-order chi connectivity index (χ0) is 8.43. The fourth-order valence-corrected chi connectivity index (χ4v) is 1.93. The Balaban J connectivity index is 2.93. The van der Waals surface area contributed by atoms with Crippen LogP contribution >= 0.6 is 11.3 Å². The van der Waals surface area contributed by atoms with E-state index >= 15 is 0 Å². The molecule has 62 valence electrons. The average molecular weight is 172 g/mol. The predicted octanol–water partition coefficient (Wildman–Crippen LogP) is 1.80. The highest BCUT2D eigenvalue weighted by Crippen LogP contribution is 2.23. The third-order valence-corrected chi connectivity index (χ3v) is 2.78. The van der Waals surface area contributed by atoms with E-state index in [9.17, 15) is 0 Å². The van der Waals surface area contributed by atoms with Gasteiger partial charge in [-0.1, -0.05) is 0 Å². The molecule has 1 rings (SSSR count). The van der Waals surface area contributed by atoms with Crippen molar-refractivity contribution in [3.63, 3.8) is 0 Å². The first-order valence-corrected chi connectivity index (χ1v) is 4.30. The first-order valence-electron chi connectivity index (χ1n) is 3.48. The van der Waals surface area contributed by atoms with Crippen LogP contribution < -0.4 is 5.48 Å². The molecule has 0 saturated heterocycles. The molecule has 3 nitrogen and oxygen atoms in total. The van der Waals surface area contributed by atoms with Crippen LogP contribution in [0.15, 0.2) is 0 Å². The normalized spacial score (nSPS) is 13.5. The summed E-state index contributed by atoms with van der Waals surface area (Å²) in [6, 6.07) is -0.0128. The van der Waals surface area contributed by atoms with E-state index in [0.717, 1.165) is 15.6 Å². The molecular formula is C7H12N2OS. The van der Waals surface area contributed by atoms with Crippen LogP contribution in [0.3, 0.4) is 0 Å². The molecule has 0 aliphatic heterocycles. The summed E-state index contributed by atoms with van der Waals surface area (Å²) in [6.07, 6.45) is 0. The van der Waals surface area contributed by atoms with Crippen LogP contribution in [0.2, 0.25) is 0 Å². The molecule has 1 unspecified atom stereocenters. The third-order valence-electron chi connectivity index (χ3n) is 1.53. The molecule has 0 saturated carbocycles. The SMILES string of the molecule is Cc1nc(C)c(C(C)NO)s1. The molecule has 0 amide bonds. The number of hydrogen-bond acceptors (Lipinski definition) is 4. The topological polar surface area (TPSA) is 45.2 Å². The number of aromatic nitrogens is 1. The van der Waals surface area contributed by atoms with Gasteiger partial charge in [0, 0.05) is 4.88 Å². The Labute approximate surface area is 70.0 Å². The Morgan fingerprint density at radius 2 is 2.18 bits per heavy atom. The van der Waals surface area contributed by atoms with Crippen LogP contribution in [0.1, 0.15) is 28.5 Å². The van der Waals surface area contributed by atoms with Gasteiger partial charge in [-0.05, 0) is 20.8 Å². The Hall–Kier alpha value is -0.450. The molecule has 0 radical (unpaired) electrons. The number of hydrogen-bond donors (Lipinski definition) is 2. The lowest BCUT2D eigenvalue weighted by Crippen LogP contribution is -2.12. The fourth-order valence-electron chi connectivity index (χ4n) is 1.01. The summed E-state index contributed by atoms with van der Waals surface area (Å²) in [4.78, 5) is 5.35. The molecule has 1 atom stereocenters. The Morgan fingerprint density at radius 3 is 2.55 bits per heavy atom. The molecule has 0 aromatic carbocycles. The minimum Gasteiger partial charge on any atom is -0.316 e. The standard InChI is InChI=1S/C7H12N2OS/c1-4-7(5(2)9-10)11-6(3)8-4/h5,9-10H,1-3H3. The Kier molecular flexibility index (Phi) is 2.59. The number of aryl methyl sites for hydroxylation is 2. The van der Waals surface area contributed by atoms with Gasteiger partial charge in [-0.15, -0.1) is 11.3 Å². The first kappa shape index (κ1) is 8.64. The molecule has 1 heterocycles. The van der Waals surface area contributed by atoms with Crippen molar-refractivity contribution in [2.45, 2.75) is 26.8 Å². The Morgan fingerprint density at radius 1 is 1.55 bits per heavy atom. The van der Waals surface area contributed by atoms with Gasteiger partial charge in [0.1, 0.15) is 0 Å². The van der Waals surface area contributed by atoms with Gasteiger partial charge < -0.3 is 5.21 Å². The van der Waals surface area contributed by atoms with Gasteiger partial charge >= 0.3 is 0 Å². The Bertz CT molecular complexity index is 247. The van der Waals surface area contributed by atoms with Gasteiger partial charge in [-0.3, -0.25) is 0 Å². The summed E-state index contributed by atoms with van der Waals surface area (Å²) in [6.45, 7) is 5.82. The van der Waals surface area contributed by atoms with E-state index in [4.69, 9.17) is 5.21 Å². The maximum absolute atomic E-state index is 8.65. The molecule has 11 heavy (non-hydrogen) atoms. The maximum Gasteiger partial charge on any atom is 0.0900 e. The monoisotopic (exact) mass is 172 g/mol. The minimum absolute atomic E-state index is 0.0128. The van der Waals surface area contributed by atoms with Crippen molar-refractivity contribution in [3.05, 3.63) is 15.6 Å². The van der Waals surface area contributed by atoms with E-state index in [2.05, 4.69) is 10.5 Å². The van der Waals surface area contributed by atoms with Crippen LogP contribution in [0.4, 0.5) is 0 Å². The van der Waals surface area contributed by atoms with E-state index in [1.807, 2.05) is 20.8 Å². The predicted molar refractivity (Wildman–Crippen MR) is 44.9 cm³/mol. The summed E-state index contributed by atoms with van der Waals surface area (Å²) >= 11 is 1.61. The number of nitrogens with zero attached hydrogens (tertiary/aromatic N) is 1. The smallest absolute Gasteiger partial charge is 0.0900 e. The minimum atomic E-state index is -0.0128. The zero-order valence-electron chi connectivity index (χ0n) is 6.88.